The van der Waals surface area contributed by atoms with Crippen molar-refractivity contribution in [2.45, 2.75) is 244 Å². The number of carbonyl (C=O) groups is 2. The maximum absolute atomic E-state index is 12.4. The van der Waals surface area contributed by atoms with E-state index in [1.54, 1.807) is 6.08 Å². The number of ether oxygens (including phenoxy) is 1. The van der Waals surface area contributed by atoms with E-state index in [4.69, 9.17) is 4.74 Å². The molecule has 2 atom stereocenters. The molecule has 316 valence electrons. The third kappa shape index (κ3) is 39.8. The molecule has 1 amide bonds. The summed E-state index contributed by atoms with van der Waals surface area (Å²) in [4.78, 5) is 24.4. The number of amides is 1. The van der Waals surface area contributed by atoms with Crippen LogP contribution in [-0.2, 0) is 14.3 Å². The summed E-state index contributed by atoms with van der Waals surface area (Å²) < 4.78 is 5.41. The number of unbranched alkanes of at least 4 members (excludes halogenated alkanes) is 27. The summed E-state index contributed by atoms with van der Waals surface area (Å²) in [6.45, 7) is 4.78. The quantitative estimate of drug-likeness (QED) is 0.0327. The number of nitrogens with one attached hydrogen (secondary N) is 1. The Morgan fingerprint density at radius 1 is 0.500 bits per heavy atom. The molecule has 6 heteroatoms. The van der Waals surface area contributed by atoms with Crippen molar-refractivity contribution in [3.05, 3.63) is 36.5 Å². The third-order valence-electron chi connectivity index (χ3n) is 10.4. The molecule has 0 heterocycles. The Kier molecular flexibility index (Phi) is 42.2. The Labute approximate surface area is 334 Å². The number of hydrogen-bond acceptors (Lipinski definition) is 5. The second-order valence-corrected chi connectivity index (χ2v) is 15.7. The highest BCUT2D eigenvalue weighted by atomic mass is 16.5. The first-order valence-corrected chi connectivity index (χ1v) is 23.3. The van der Waals surface area contributed by atoms with Gasteiger partial charge >= 0.3 is 5.97 Å². The van der Waals surface area contributed by atoms with Crippen LogP contribution in [0.3, 0.4) is 0 Å². The maximum Gasteiger partial charge on any atom is 0.305 e. The van der Waals surface area contributed by atoms with Gasteiger partial charge < -0.3 is 20.3 Å². The number of esters is 1. The number of aliphatic hydroxyl groups excluding tert-OH is 2. The van der Waals surface area contributed by atoms with Crippen molar-refractivity contribution in [3.63, 3.8) is 0 Å². The van der Waals surface area contributed by atoms with Crippen LogP contribution in [0.4, 0.5) is 0 Å². The molecule has 0 saturated carbocycles. The Bertz CT molecular complexity index is 884. The van der Waals surface area contributed by atoms with E-state index in [9.17, 15) is 19.8 Å². The lowest BCUT2D eigenvalue weighted by Crippen LogP contribution is -2.45. The van der Waals surface area contributed by atoms with Crippen LogP contribution in [0.2, 0.25) is 0 Å². The fourth-order valence-corrected chi connectivity index (χ4v) is 6.74. The molecule has 0 aromatic carbocycles. The summed E-state index contributed by atoms with van der Waals surface area (Å²) in [6.07, 6.45) is 51.3. The Balaban J connectivity index is 3.58. The summed E-state index contributed by atoms with van der Waals surface area (Å²) in [5.74, 6) is -0.143. The molecule has 0 bridgehead atoms. The third-order valence-corrected chi connectivity index (χ3v) is 10.4. The van der Waals surface area contributed by atoms with Crippen molar-refractivity contribution in [1.82, 2.24) is 5.32 Å². The lowest BCUT2D eigenvalue weighted by Gasteiger charge is -2.20. The van der Waals surface area contributed by atoms with Gasteiger partial charge in [0.25, 0.3) is 0 Å². The first-order chi connectivity index (χ1) is 26.5. The van der Waals surface area contributed by atoms with Crippen LogP contribution in [-0.4, -0.2) is 47.4 Å². The Morgan fingerprint density at radius 2 is 0.870 bits per heavy atom. The van der Waals surface area contributed by atoms with Crippen LogP contribution in [0.15, 0.2) is 36.5 Å². The molecule has 3 N–H and O–H groups in total. The first kappa shape index (κ1) is 52.1. The van der Waals surface area contributed by atoms with Crippen LogP contribution in [0.1, 0.15) is 232 Å². The number of rotatable bonds is 42. The Hall–Kier alpha value is -1.92. The summed E-state index contributed by atoms with van der Waals surface area (Å²) in [5.41, 5.74) is 0. The lowest BCUT2D eigenvalue weighted by molar-refractivity contribution is -0.143. The normalized spacial score (nSPS) is 13.0. The fourth-order valence-electron chi connectivity index (χ4n) is 6.74. The number of carbonyl (C=O) groups excluding carboxylic acids is 2. The molecule has 6 nitrogen and oxygen atoms in total. The second kappa shape index (κ2) is 43.8. The van der Waals surface area contributed by atoms with Gasteiger partial charge in [-0.15, -0.1) is 0 Å². The van der Waals surface area contributed by atoms with Crippen LogP contribution in [0.25, 0.3) is 0 Å². The van der Waals surface area contributed by atoms with Gasteiger partial charge in [0.1, 0.15) is 0 Å². The van der Waals surface area contributed by atoms with Crippen molar-refractivity contribution in [2.75, 3.05) is 13.2 Å². The molecule has 0 saturated heterocycles. The van der Waals surface area contributed by atoms with Gasteiger partial charge in [0.15, 0.2) is 0 Å². The molecule has 0 aromatic heterocycles. The minimum Gasteiger partial charge on any atom is -0.466 e. The summed E-state index contributed by atoms with van der Waals surface area (Å²) >= 11 is 0. The predicted molar refractivity (Wildman–Crippen MR) is 232 cm³/mol. The molecule has 0 radical (unpaired) electrons. The topological polar surface area (TPSA) is 95.9 Å². The van der Waals surface area contributed by atoms with Crippen LogP contribution >= 0.6 is 0 Å². The average Bonchev–Trinajstić information content (AvgIpc) is 3.17. The van der Waals surface area contributed by atoms with E-state index < -0.39 is 12.1 Å². The molecule has 0 aliphatic rings. The van der Waals surface area contributed by atoms with Gasteiger partial charge in [0.2, 0.25) is 5.91 Å². The molecule has 0 aromatic rings. The number of allylic oxidation sites excluding steroid dienone is 5. The zero-order valence-electron chi connectivity index (χ0n) is 35.7. The van der Waals surface area contributed by atoms with Crippen molar-refractivity contribution in [1.29, 1.82) is 0 Å². The van der Waals surface area contributed by atoms with Gasteiger partial charge in [-0.2, -0.15) is 0 Å². The molecule has 54 heavy (non-hydrogen) atoms. The Morgan fingerprint density at radius 3 is 1.33 bits per heavy atom. The highest BCUT2D eigenvalue weighted by Gasteiger charge is 2.18. The molecule has 0 fully saturated rings. The molecular formula is C48H89NO5. The van der Waals surface area contributed by atoms with Crippen molar-refractivity contribution in [3.8, 4) is 0 Å². The monoisotopic (exact) mass is 760 g/mol. The number of aliphatic hydroxyl groups is 2. The van der Waals surface area contributed by atoms with E-state index >= 15 is 0 Å². The van der Waals surface area contributed by atoms with Crippen LogP contribution < -0.4 is 5.32 Å². The van der Waals surface area contributed by atoms with E-state index in [0.717, 1.165) is 83.5 Å². The van der Waals surface area contributed by atoms with Crippen molar-refractivity contribution < 1.29 is 24.5 Å². The summed E-state index contributed by atoms with van der Waals surface area (Å²) in [6, 6.07) is -0.648. The highest BCUT2D eigenvalue weighted by Crippen LogP contribution is 2.14. The summed E-state index contributed by atoms with van der Waals surface area (Å²) in [7, 11) is 0. The minimum absolute atomic E-state index is 0.0434. The smallest absolute Gasteiger partial charge is 0.305 e. The van der Waals surface area contributed by atoms with Gasteiger partial charge in [0.05, 0.1) is 25.4 Å². The number of hydrogen-bond donors (Lipinski definition) is 3. The first-order valence-electron chi connectivity index (χ1n) is 23.3. The SMILES string of the molecule is CCCCCC/C=C\CCCCCCCC(=O)OCCCC/C=C\CCCCCCCC(=O)NC(CO)C(O)/C=C/CCCCCCCCCCCCC. The van der Waals surface area contributed by atoms with Gasteiger partial charge in [-0.05, 0) is 83.5 Å². The van der Waals surface area contributed by atoms with E-state index in [1.165, 1.54) is 122 Å². The average molecular weight is 760 g/mol. The largest absolute Gasteiger partial charge is 0.466 e. The highest BCUT2D eigenvalue weighted by molar-refractivity contribution is 5.76. The van der Waals surface area contributed by atoms with Crippen molar-refractivity contribution in [2.24, 2.45) is 0 Å². The van der Waals surface area contributed by atoms with E-state index in [-0.39, 0.29) is 18.5 Å². The lowest BCUT2D eigenvalue weighted by atomic mass is 10.0. The summed E-state index contributed by atoms with van der Waals surface area (Å²) in [5, 5.41) is 23.0. The molecule has 2 unspecified atom stereocenters. The minimum atomic E-state index is -0.862. The van der Waals surface area contributed by atoms with Crippen molar-refractivity contribution >= 4 is 11.9 Å². The zero-order chi connectivity index (χ0) is 39.4. The molecular weight excluding hydrogens is 671 g/mol. The van der Waals surface area contributed by atoms with Gasteiger partial charge in [0, 0.05) is 12.8 Å². The zero-order valence-corrected chi connectivity index (χ0v) is 35.7. The van der Waals surface area contributed by atoms with Gasteiger partial charge in [-0.1, -0.05) is 172 Å². The molecule has 0 aliphatic carbocycles. The van der Waals surface area contributed by atoms with E-state index in [2.05, 4.69) is 43.5 Å². The fraction of sp³-hybridized carbons (Fsp3) is 0.833. The predicted octanol–water partition coefficient (Wildman–Crippen LogP) is 13.3. The second-order valence-electron chi connectivity index (χ2n) is 15.7. The standard InChI is InChI=1S/C48H89NO5/c1-3-5-7-9-11-13-15-17-20-24-28-32-36-40-46(51)45(44-50)49-47(52)41-37-33-29-25-21-19-23-27-31-35-39-43-54-48(53)42-38-34-30-26-22-18-16-14-12-10-8-6-4-2/h14,16,23,27,36,40,45-46,50-51H,3-13,15,17-22,24-26,28-35,37-39,41-44H2,1-2H3,(H,49,52)/b16-14-,27-23-,40-36+. The van der Waals surface area contributed by atoms with Crippen LogP contribution in [0, 0.1) is 0 Å². The van der Waals surface area contributed by atoms with E-state index in [0.29, 0.717) is 19.4 Å². The van der Waals surface area contributed by atoms with E-state index in [1.807, 2.05) is 6.08 Å². The van der Waals surface area contributed by atoms with Gasteiger partial charge in [-0.25, -0.2) is 0 Å². The maximum atomic E-state index is 12.4. The molecule has 0 aliphatic heterocycles. The van der Waals surface area contributed by atoms with Gasteiger partial charge in [-0.3, -0.25) is 9.59 Å². The molecule has 0 spiro atoms. The molecule has 0 rings (SSSR count). The van der Waals surface area contributed by atoms with Crippen LogP contribution in [0.5, 0.6) is 0 Å².